The van der Waals surface area contributed by atoms with Crippen molar-refractivity contribution in [1.82, 2.24) is 15.0 Å². The highest BCUT2D eigenvalue weighted by Gasteiger charge is 2.38. The lowest BCUT2D eigenvalue weighted by atomic mass is 10.1. The molecule has 39 heavy (non-hydrogen) atoms. The summed E-state index contributed by atoms with van der Waals surface area (Å²) in [5.41, 5.74) is 6.77. The van der Waals surface area contributed by atoms with E-state index in [1.54, 1.807) is 36.4 Å². The number of rotatable bonds is 8. The molecule has 0 spiro atoms. The van der Waals surface area contributed by atoms with E-state index >= 15 is 0 Å². The van der Waals surface area contributed by atoms with Crippen LogP contribution in [0.15, 0.2) is 60.8 Å². The van der Waals surface area contributed by atoms with E-state index in [0.29, 0.717) is 29.5 Å². The first-order valence-corrected chi connectivity index (χ1v) is 12.2. The number of nitrogens with two attached hydrogens (primary N) is 1. The number of anilines is 4. The topological polar surface area (TPSA) is 169 Å². The molecule has 0 aliphatic carbocycles. The first kappa shape index (κ1) is 25.8. The molecule has 5 rings (SSSR count). The van der Waals surface area contributed by atoms with Gasteiger partial charge in [-0.1, -0.05) is 35.3 Å². The van der Waals surface area contributed by atoms with Gasteiger partial charge < -0.3 is 16.4 Å². The van der Waals surface area contributed by atoms with Crippen molar-refractivity contribution in [2.24, 2.45) is 0 Å². The summed E-state index contributed by atoms with van der Waals surface area (Å²) >= 11 is 12.5. The van der Waals surface area contributed by atoms with Crippen LogP contribution in [0.4, 0.5) is 29.0 Å². The number of hydrogen-bond donors (Lipinski definition) is 3. The van der Waals surface area contributed by atoms with Crippen LogP contribution in [-0.4, -0.2) is 44.8 Å². The number of fused-ring (bicyclic) bond motifs is 1. The molecule has 0 radical (unpaired) electrons. The van der Waals surface area contributed by atoms with Gasteiger partial charge >= 0.3 is 5.69 Å². The normalized spacial score (nSPS) is 12.4. The summed E-state index contributed by atoms with van der Waals surface area (Å²) in [6.07, 6.45) is 1.38. The Labute approximate surface area is 230 Å². The standard InChI is InChI=1S/C25H18Cl2N8O4/c26-13-5-6-16(17(27)11-13)21-19(34-23(36)14-3-1-2-4-15(14)24(34)37)12-31-25(33-21)30-10-9-29-20-8-7-18(35(38)39)22(28)32-20/h1-8,11-12H,9-10H2,(H3,28,29,32)(H,30,31,33). The minimum absolute atomic E-state index is 0.166. The van der Waals surface area contributed by atoms with Crippen LogP contribution >= 0.6 is 23.2 Å². The van der Waals surface area contributed by atoms with Crippen molar-refractivity contribution in [3.63, 3.8) is 0 Å². The molecular weight excluding hydrogens is 547 g/mol. The van der Waals surface area contributed by atoms with Crippen molar-refractivity contribution < 1.29 is 14.5 Å². The lowest BCUT2D eigenvalue weighted by Crippen LogP contribution is -2.30. The van der Waals surface area contributed by atoms with Crippen LogP contribution in [0.5, 0.6) is 0 Å². The molecule has 0 saturated carbocycles. The van der Waals surface area contributed by atoms with Gasteiger partial charge in [0.25, 0.3) is 11.8 Å². The van der Waals surface area contributed by atoms with E-state index in [-0.39, 0.29) is 45.0 Å². The summed E-state index contributed by atoms with van der Waals surface area (Å²) in [4.78, 5) is 50.5. The summed E-state index contributed by atoms with van der Waals surface area (Å²) in [5.74, 6) is -0.630. The van der Waals surface area contributed by atoms with Crippen molar-refractivity contribution in [2.45, 2.75) is 0 Å². The van der Waals surface area contributed by atoms with E-state index in [1.807, 2.05) is 0 Å². The van der Waals surface area contributed by atoms with Gasteiger partial charge in [0.05, 0.1) is 33.0 Å². The van der Waals surface area contributed by atoms with Crippen LogP contribution in [0.1, 0.15) is 20.7 Å². The van der Waals surface area contributed by atoms with Crippen LogP contribution in [0, 0.1) is 10.1 Å². The third-order valence-corrected chi connectivity index (χ3v) is 6.35. The average molecular weight is 565 g/mol. The summed E-state index contributed by atoms with van der Waals surface area (Å²) in [5, 5.41) is 17.6. The number of halogens is 2. The highest BCUT2D eigenvalue weighted by molar-refractivity contribution is 6.37. The molecule has 2 aromatic heterocycles. The number of hydrogen-bond acceptors (Lipinski definition) is 10. The maximum Gasteiger partial charge on any atom is 0.311 e. The number of imide groups is 1. The molecule has 0 fully saturated rings. The SMILES string of the molecule is Nc1nc(NCCNc2ncc(N3C(=O)c4ccccc4C3=O)c(-c3ccc(Cl)cc3Cl)n2)ccc1[N+](=O)[O-]. The molecule has 0 atom stereocenters. The monoisotopic (exact) mass is 564 g/mol. The minimum atomic E-state index is -0.610. The molecule has 0 unspecified atom stereocenters. The van der Waals surface area contributed by atoms with Gasteiger partial charge in [0, 0.05) is 29.7 Å². The number of carbonyl (C=O) groups excluding carboxylic acids is 2. The van der Waals surface area contributed by atoms with Crippen LogP contribution in [0.3, 0.4) is 0 Å². The predicted octanol–water partition coefficient (Wildman–Crippen LogP) is 4.66. The first-order chi connectivity index (χ1) is 18.7. The fraction of sp³-hybridized carbons (Fsp3) is 0.0800. The number of aromatic nitrogens is 3. The van der Waals surface area contributed by atoms with Crippen molar-refractivity contribution in [1.29, 1.82) is 0 Å². The Morgan fingerprint density at radius 1 is 0.923 bits per heavy atom. The largest absolute Gasteiger partial charge is 0.378 e. The molecule has 12 nitrogen and oxygen atoms in total. The summed E-state index contributed by atoms with van der Waals surface area (Å²) < 4.78 is 0. The number of carbonyl (C=O) groups is 2. The van der Waals surface area contributed by atoms with Gasteiger partial charge in [-0.05, 0) is 36.4 Å². The number of nitrogens with zero attached hydrogens (tertiary/aromatic N) is 5. The van der Waals surface area contributed by atoms with Crippen molar-refractivity contribution in [3.05, 3.63) is 92.1 Å². The van der Waals surface area contributed by atoms with Gasteiger partial charge in [0.15, 0.2) is 0 Å². The van der Waals surface area contributed by atoms with E-state index < -0.39 is 16.7 Å². The van der Waals surface area contributed by atoms with Crippen LogP contribution in [0.2, 0.25) is 10.0 Å². The predicted molar refractivity (Wildman–Crippen MR) is 147 cm³/mol. The van der Waals surface area contributed by atoms with Crippen molar-refractivity contribution >= 4 is 64.0 Å². The lowest BCUT2D eigenvalue weighted by Gasteiger charge is -2.19. The molecule has 4 N–H and O–H groups in total. The van der Waals surface area contributed by atoms with Gasteiger partial charge in [0.2, 0.25) is 11.8 Å². The summed E-state index contributed by atoms with van der Waals surface area (Å²) in [7, 11) is 0. The Balaban J connectivity index is 1.40. The number of nitrogen functional groups attached to an aromatic ring is 1. The van der Waals surface area contributed by atoms with Gasteiger partial charge in [0.1, 0.15) is 11.5 Å². The molecule has 1 aliphatic heterocycles. The number of pyridine rings is 1. The molecule has 14 heteroatoms. The van der Waals surface area contributed by atoms with E-state index in [2.05, 4.69) is 25.6 Å². The van der Waals surface area contributed by atoms with E-state index in [4.69, 9.17) is 28.9 Å². The smallest absolute Gasteiger partial charge is 0.311 e. The number of amides is 2. The number of nitro groups is 1. The second kappa shape index (κ2) is 10.5. The molecule has 196 valence electrons. The van der Waals surface area contributed by atoms with E-state index in [0.717, 1.165) is 4.90 Å². The third-order valence-electron chi connectivity index (χ3n) is 5.80. The van der Waals surface area contributed by atoms with Gasteiger partial charge in [-0.15, -0.1) is 0 Å². The molecule has 1 aliphatic rings. The Hall–Kier alpha value is -4.81. The van der Waals surface area contributed by atoms with Crippen LogP contribution in [0.25, 0.3) is 11.3 Å². The zero-order chi connectivity index (χ0) is 27.7. The Bertz CT molecular complexity index is 1610. The third kappa shape index (κ3) is 5.02. The van der Waals surface area contributed by atoms with Crippen LogP contribution in [-0.2, 0) is 0 Å². The quantitative estimate of drug-likeness (QED) is 0.118. The Morgan fingerprint density at radius 3 is 2.26 bits per heavy atom. The van der Waals surface area contributed by atoms with Gasteiger partial charge in [-0.3, -0.25) is 19.7 Å². The molecule has 2 aromatic carbocycles. The highest BCUT2D eigenvalue weighted by Crippen LogP contribution is 2.38. The molecule has 0 bridgehead atoms. The fourth-order valence-electron chi connectivity index (χ4n) is 4.00. The molecular formula is C25H18Cl2N8O4. The summed E-state index contributed by atoms with van der Waals surface area (Å²) in [6, 6.07) is 14.0. The molecule has 4 aromatic rings. The molecule has 3 heterocycles. The zero-order valence-electron chi connectivity index (χ0n) is 19.9. The first-order valence-electron chi connectivity index (χ1n) is 11.4. The van der Waals surface area contributed by atoms with Crippen molar-refractivity contribution in [2.75, 3.05) is 34.4 Å². The van der Waals surface area contributed by atoms with Gasteiger partial charge in [-0.25, -0.2) is 19.9 Å². The highest BCUT2D eigenvalue weighted by atomic mass is 35.5. The minimum Gasteiger partial charge on any atom is -0.378 e. The second-order valence-electron chi connectivity index (χ2n) is 8.25. The lowest BCUT2D eigenvalue weighted by molar-refractivity contribution is -0.384. The zero-order valence-corrected chi connectivity index (χ0v) is 21.4. The number of nitrogens with one attached hydrogen (secondary N) is 2. The van der Waals surface area contributed by atoms with E-state index in [9.17, 15) is 19.7 Å². The second-order valence-corrected chi connectivity index (χ2v) is 9.10. The van der Waals surface area contributed by atoms with E-state index in [1.165, 1.54) is 24.4 Å². The Kier molecular flexibility index (Phi) is 6.96. The number of benzene rings is 2. The van der Waals surface area contributed by atoms with Gasteiger partial charge in [-0.2, -0.15) is 0 Å². The maximum atomic E-state index is 13.2. The molecule has 0 saturated heterocycles. The average Bonchev–Trinajstić information content (AvgIpc) is 3.16. The van der Waals surface area contributed by atoms with Crippen molar-refractivity contribution in [3.8, 4) is 11.3 Å². The Morgan fingerprint density at radius 2 is 1.62 bits per heavy atom. The fourth-order valence-corrected chi connectivity index (χ4v) is 4.50. The maximum absolute atomic E-state index is 13.2. The van der Waals surface area contributed by atoms with Crippen LogP contribution < -0.4 is 21.3 Å². The molecule has 2 amide bonds. The summed E-state index contributed by atoms with van der Waals surface area (Å²) in [6.45, 7) is 0.656.